The lowest BCUT2D eigenvalue weighted by atomic mass is 9.99. The monoisotopic (exact) mass is 481 g/mol. The van der Waals surface area contributed by atoms with Gasteiger partial charge in [-0.2, -0.15) is 4.31 Å². The Bertz CT molecular complexity index is 1130. The van der Waals surface area contributed by atoms with Gasteiger partial charge in [-0.3, -0.25) is 4.79 Å². The fourth-order valence-electron chi connectivity index (χ4n) is 3.96. The molecular weight excluding hydrogens is 454 g/mol. The Hall–Kier alpha value is -2.36. The van der Waals surface area contributed by atoms with Crippen molar-refractivity contribution >= 4 is 39.2 Å². The number of esters is 1. The van der Waals surface area contributed by atoms with Crippen LogP contribution >= 0.6 is 11.6 Å². The van der Waals surface area contributed by atoms with Crippen molar-refractivity contribution in [3.63, 3.8) is 0 Å². The molecule has 1 saturated heterocycles. The molecule has 1 atom stereocenters. The molecule has 174 valence electrons. The maximum Gasteiger partial charge on any atom is 0.341 e. The van der Waals surface area contributed by atoms with Gasteiger partial charge in [0.05, 0.1) is 12.5 Å². The summed E-state index contributed by atoms with van der Waals surface area (Å²) in [6, 6.07) is 6.73. The maximum atomic E-state index is 13.6. The van der Waals surface area contributed by atoms with Gasteiger partial charge in [0.15, 0.2) is 0 Å². The van der Waals surface area contributed by atoms with Gasteiger partial charge in [0.2, 0.25) is 15.9 Å². The molecule has 0 aliphatic carbocycles. The van der Waals surface area contributed by atoms with E-state index in [1.807, 2.05) is 0 Å². The normalized spacial score (nSPS) is 17.2. The number of rotatable bonds is 6. The molecule has 8 nitrogen and oxygen atoms in total. The van der Waals surface area contributed by atoms with E-state index in [4.69, 9.17) is 16.3 Å². The summed E-state index contributed by atoms with van der Waals surface area (Å²) in [5.74, 6) is -1.43. The quantitative estimate of drug-likeness (QED) is 0.636. The summed E-state index contributed by atoms with van der Waals surface area (Å²) < 4.78 is 35.3. The average molecular weight is 482 g/mol. The highest BCUT2D eigenvalue weighted by atomic mass is 35.5. The van der Waals surface area contributed by atoms with Gasteiger partial charge < -0.3 is 14.6 Å². The summed E-state index contributed by atoms with van der Waals surface area (Å²) >= 11 is 5.88. The molecule has 2 aromatic rings. The maximum absolute atomic E-state index is 13.6. The molecule has 0 radical (unpaired) electrons. The minimum atomic E-state index is -4.02. The molecule has 0 unspecified atom stereocenters. The second-order valence-corrected chi connectivity index (χ2v) is 10.2. The second-order valence-electron chi connectivity index (χ2n) is 7.85. The number of carbonyl (C=O) groups is 2. The summed E-state index contributed by atoms with van der Waals surface area (Å²) in [5, 5.41) is 3.38. The molecule has 2 heterocycles. The number of aromatic nitrogens is 1. The summed E-state index contributed by atoms with van der Waals surface area (Å²) in [6.45, 7) is 5.49. The van der Waals surface area contributed by atoms with Crippen molar-refractivity contribution in [3.8, 4) is 0 Å². The lowest BCUT2D eigenvalue weighted by Gasteiger charge is -2.31. The van der Waals surface area contributed by atoms with Crippen LogP contribution in [0.2, 0.25) is 5.02 Å². The Kier molecular flexibility index (Phi) is 7.32. The van der Waals surface area contributed by atoms with E-state index in [2.05, 4.69) is 5.32 Å². The summed E-state index contributed by atoms with van der Waals surface area (Å²) in [6.07, 6.45) is 1.11. The SMILES string of the molecule is CCOC(=O)c1c(S(=O)(=O)N2CCC[C@H](C(=O)Nc3ccc(Cl)cc3)C2)c(C)n(C)c1C. The molecule has 1 aliphatic heterocycles. The third-order valence-corrected chi connectivity index (χ3v) is 8.15. The average Bonchev–Trinajstić information content (AvgIpc) is 3.00. The lowest BCUT2D eigenvalue weighted by molar-refractivity contribution is -0.120. The first-order chi connectivity index (χ1) is 15.1. The summed E-state index contributed by atoms with van der Waals surface area (Å²) in [7, 11) is -2.31. The van der Waals surface area contributed by atoms with Gasteiger partial charge in [0.25, 0.3) is 0 Å². The molecule has 1 aromatic carbocycles. The van der Waals surface area contributed by atoms with Crippen LogP contribution in [-0.2, 0) is 26.6 Å². The van der Waals surface area contributed by atoms with Gasteiger partial charge >= 0.3 is 5.97 Å². The molecule has 1 N–H and O–H groups in total. The number of piperidine rings is 1. The molecule has 1 fully saturated rings. The largest absolute Gasteiger partial charge is 0.462 e. The van der Waals surface area contributed by atoms with Crippen molar-refractivity contribution < 1.29 is 22.7 Å². The molecule has 1 amide bonds. The number of nitrogens with zero attached hydrogens (tertiary/aromatic N) is 2. The van der Waals surface area contributed by atoms with Gasteiger partial charge in [-0.25, -0.2) is 13.2 Å². The van der Waals surface area contributed by atoms with Crippen LogP contribution in [0, 0.1) is 19.8 Å². The van der Waals surface area contributed by atoms with E-state index in [0.29, 0.717) is 34.9 Å². The predicted molar refractivity (Wildman–Crippen MR) is 122 cm³/mol. The number of sulfonamides is 1. The third-order valence-electron chi connectivity index (χ3n) is 5.87. The number of halogens is 1. The minimum absolute atomic E-state index is 0.0391. The lowest BCUT2D eigenvalue weighted by Crippen LogP contribution is -2.44. The molecule has 0 saturated carbocycles. The second kappa shape index (κ2) is 9.64. The molecule has 1 aliphatic rings. The highest BCUT2D eigenvalue weighted by Gasteiger charge is 2.39. The topological polar surface area (TPSA) is 97.7 Å². The molecule has 32 heavy (non-hydrogen) atoms. The number of ether oxygens (including phenoxy) is 1. The molecule has 0 spiro atoms. The molecule has 10 heteroatoms. The van der Waals surface area contributed by atoms with E-state index in [-0.39, 0.29) is 36.1 Å². The van der Waals surface area contributed by atoms with Crippen LogP contribution < -0.4 is 5.32 Å². The van der Waals surface area contributed by atoms with Crippen molar-refractivity contribution in [2.75, 3.05) is 25.0 Å². The van der Waals surface area contributed by atoms with E-state index in [0.717, 1.165) is 0 Å². The van der Waals surface area contributed by atoms with Gasteiger partial charge in [-0.05, 0) is 57.9 Å². The Morgan fingerprint density at radius 2 is 1.84 bits per heavy atom. The molecule has 3 rings (SSSR count). The van der Waals surface area contributed by atoms with Gasteiger partial charge in [0.1, 0.15) is 10.5 Å². The smallest absolute Gasteiger partial charge is 0.341 e. The van der Waals surface area contributed by atoms with Crippen molar-refractivity contribution in [2.24, 2.45) is 13.0 Å². The van der Waals surface area contributed by atoms with Crippen LogP contribution in [0.5, 0.6) is 0 Å². The zero-order valence-corrected chi connectivity index (χ0v) is 20.2. The fourth-order valence-corrected chi connectivity index (χ4v) is 6.09. The minimum Gasteiger partial charge on any atom is -0.462 e. The van der Waals surface area contributed by atoms with E-state index < -0.39 is 21.9 Å². The Balaban J connectivity index is 1.87. The first-order valence-corrected chi connectivity index (χ1v) is 12.3. The van der Waals surface area contributed by atoms with Crippen LogP contribution in [-0.4, -0.2) is 48.9 Å². The highest BCUT2D eigenvalue weighted by molar-refractivity contribution is 7.89. The first-order valence-electron chi connectivity index (χ1n) is 10.5. The van der Waals surface area contributed by atoms with Crippen LogP contribution in [0.3, 0.4) is 0 Å². The van der Waals surface area contributed by atoms with Crippen LogP contribution in [0.4, 0.5) is 5.69 Å². The number of amides is 1. The number of hydrogen-bond donors (Lipinski definition) is 1. The zero-order chi connectivity index (χ0) is 23.6. The van der Waals surface area contributed by atoms with Crippen LogP contribution in [0.15, 0.2) is 29.2 Å². The standard InChI is InChI=1S/C22H28ClN3O5S/c1-5-31-22(28)19-14(2)25(4)15(3)20(19)32(29,30)26-12-6-7-16(13-26)21(27)24-18-10-8-17(23)9-11-18/h8-11,16H,5-7,12-13H2,1-4H3,(H,24,27)/t16-/m0/s1. The summed E-state index contributed by atoms with van der Waals surface area (Å²) in [4.78, 5) is 25.3. The molecule has 1 aromatic heterocycles. The third kappa shape index (κ3) is 4.69. The predicted octanol–water partition coefficient (Wildman–Crippen LogP) is 3.51. The van der Waals surface area contributed by atoms with E-state index >= 15 is 0 Å². The Labute approximate surface area is 193 Å². The number of nitrogens with one attached hydrogen (secondary N) is 1. The van der Waals surface area contributed by atoms with Crippen LogP contribution in [0.1, 0.15) is 41.5 Å². The summed E-state index contributed by atoms with van der Waals surface area (Å²) in [5.41, 5.74) is 1.63. The zero-order valence-electron chi connectivity index (χ0n) is 18.6. The Morgan fingerprint density at radius 3 is 2.47 bits per heavy atom. The van der Waals surface area contributed by atoms with E-state index in [1.165, 1.54) is 4.31 Å². The molecule has 0 bridgehead atoms. The van der Waals surface area contributed by atoms with Crippen LogP contribution in [0.25, 0.3) is 0 Å². The van der Waals surface area contributed by atoms with Gasteiger partial charge in [-0.1, -0.05) is 11.6 Å². The van der Waals surface area contributed by atoms with Crippen molar-refractivity contribution in [1.29, 1.82) is 0 Å². The number of anilines is 1. The number of benzene rings is 1. The van der Waals surface area contributed by atoms with E-state index in [9.17, 15) is 18.0 Å². The molecular formula is C22H28ClN3O5S. The van der Waals surface area contributed by atoms with Crippen molar-refractivity contribution in [3.05, 3.63) is 46.2 Å². The fraction of sp³-hybridized carbons (Fsp3) is 0.455. The highest BCUT2D eigenvalue weighted by Crippen LogP contribution is 2.32. The van der Waals surface area contributed by atoms with Crippen molar-refractivity contribution in [2.45, 2.75) is 38.5 Å². The Morgan fingerprint density at radius 1 is 1.19 bits per heavy atom. The number of carbonyl (C=O) groups excluding carboxylic acids is 2. The van der Waals surface area contributed by atoms with Gasteiger partial charge in [0, 0.05) is 42.2 Å². The van der Waals surface area contributed by atoms with Gasteiger partial charge in [-0.15, -0.1) is 0 Å². The van der Waals surface area contributed by atoms with E-state index in [1.54, 1.807) is 56.7 Å². The van der Waals surface area contributed by atoms with Crippen molar-refractivity contribution in [1.82, 2.24) is 8.87 Å². The number of hydrogen-bond acceptors (Lipinski definition) is 5. The first kappa shape index (κ1) is 24.3.